The van der Waals surface area contributed by atoms with Crippen LogP contribution in [0.4, 0.5) is 16.3 Å². The van der Waals surface area contributed by atoms with Gasteiger partial charge in [-0.25, -0.2) is 17.5 Å². The van der Waals surface area contributed by atoms with Crippen LogP contribution < -0.4 is 10.6 Å². The van der Waals surface area contributed by atoms with Crippen LogP contribution in [0.2, 0.25) is 0 Å². The summed E-state index contributed by atoms with van der Waals surface area (Å²) in [6, 6.07) is 7.26. The average molecular weight is 448 g/mol. The molecule has 0 bridgehead atoms. The van der Waals surface area contributed by atoms with E-state index in [0.717, 1.165) is 36.2 Å². The third-order valence-corrected chi connectivity index (χ3v) is 7.80. The van der Waals surface area contributed by atoms with Gasteiger partial charge in [0.25, 0.3) is 0 Å². The van der Waals surface area contributed by atoms with Gasteiger partial charge in [-0.2, -0.15) is 5.10 Å². The molecule has 3 N–H and O–H groups in total. The van der Waals surface area contributed by atoms with Crippen molar-refractivity contribution in [3.8, 4) is 0 Å². The van der Waals surface area contributed by atoms with Gasteiger partial charge >= 0.3 is 6.09 Å². The van der Waals surface area contributed by atoms with E-state index in [9.17, 15) is 13.2 Å². The van der Waals surface area contributed by atoms with Crippen molar-refractivity contribution in [1.82, 2.24) is 19.8 Å². The Hall–Kier alpha value is -2.59. The summed E-state index contributed by atoms with van der Waals surface area (Å²) in [6.45, 7) is 4.25. The molecule has 0 saturated heterocycles. The number of anilines is 2. The number of alkyl carbamates (subject to hydrolysis) is 1. The van der Waals surface area contributed by atoms with Crippen molar-refractivity contribution in [3.05, 3.63) is 35.5 Å². The van der Waals surface area contributed by atoms with Gasteiger partial charge in [0, 0.05) is 43.0 Å². The van der Waals surface area contributed by atoms with E-state index >= 15 is 0 Å². The number of benzene rings is 1. The van der Waals surface area contributed by atoms with Crippen LogP contribution in [-0.2, 0) is 21.2 Å². The highest BCUT2D eigenvalue weighted by atomic mass is 32.2. The van der Waals surface area contributed by atoms with Crippen molar-refractivity contribution >= 4 is 27.6 Å². The Bertz CT molecular complexity index is 1070. The topological polar surface area (TPSA) is 116 Å². The Morgan fingerprint density at radius 1 is 1.32 bits per heavy atom. The molecule has 10 heteroatoms. The number of amides is 1. The number of carbonyl (C=O) groups excluding carboxylic acids is 1. The molecule has 1 amide bonds. The van der Waals surface area contributed by atoms with Crippen LogP contribution in [-0.4, -0.2) is 54.8 Å². The van der Waals surface area contributed by atoms with Gasteiger partial charge in [0.1, 0.15) is 6.10 Å². The Labute approximate surface area is 182 Å². The average Bonchev–Trinajstić information content (AvgIpc) is 3.34. The van der Waals surface area contributed by atoms with Gasteiger partial charge in [0.05, 0.1) is 4.90 Å². The molecule has 0 unspecified atom stereocenters. The first-order chi connectivity index (χ1) is 14.7. The van der Waals surface area contributed by atoms with Gasteiger partial charge in [0.2, 0.25) is 10.0 Å². The van der Waals surface area contributed by atoms with E-state index in [0.29, 0.717) is 23.7 Å². The van der Waals surface area contributed by atoms with E-state index in [1.165, 1.54) is 4.31 Å². The molecule has 0 radical (unpaired) electrons. The molecule has 2 aromatic rings. The molecule has 1 aliphatic heterocycles. The molecular formula is C21H29N5O4S. The van der Waals surface area contributed by atoms with Gasteiger partial charge in [0.15, 0.2) is 5.82 Å². The number of nitrogens with one attached hydrogen (secondary N) is 3. The minimum absolute atomic E-state index is 0.0464. The van der Waals surface area contributed by atoms with Crippen LogP contribution >= 0.6 is 0 Å². The molecular weight excluding hydrogens is 418 g/mol. The largest absolute Gasteiger partial charge is 0.446 e. The molecule has 1 saturated carbocycles. The number of hydrogen-bond acceptors (Lipinski definition) is 6. The Morgan fingerprint density at radius 3 is 2.90 bits per heavy atom. The number of ether oxygens (including phenoxy) is 1. The number of aromatic amines is 1. The van der Waals surface area contributed by atoms with Crippen molar-refractivity contribution in [1.29, 1.82) is 0 Å². The van der Waals surface area contributed by atoms with Crippen LogP contribution in [0.15, 0.2) is 29.2 Å². The van der Waals surface area contributed by atoms with E-state index in [4.69, 9.17) is 4.74 Å². The first kappa shape index (κ1) is 21.6. The Morgan fingerprint density at radius 2 is 2.13 bits per heavy atom. The normalized spacial score (nSPS) is 22.8. The fourth-order valence-electron chi connectivity index (χ4n) is 4.24. The molecule has 1 aromatic heterocycles. The molecule has 9 nitrogen and oxygen atoms in total. The molecule has 168 valence electrons. The molecule has 2 aliphatic rings. The molecule has 1 fully saturated rings. The van der Waals surface area contributed by atoms with Crippen LogP contribution in [0, 0.1) is 0 Å². The van der Waals surface area contributed by atoms with Crippen molar-refractivity contribution in [3.63, 3.8) is 0 Å². The second-order valence-corrected chi connectivity index (χ2v) is 10.5. The maximum Gasteiger partial charge on any atom is 0.407 e. The van der Waals surface area contributed by atoms with E-state index in [1.54, 1.807) is 19.2 Å². The third-order valence-electron chi connectivity index (χ3n) is 5.86. The predicted molar refractivity (Wildman–Crippen MR) is 117 cm³/mol. The first-order valence-electron chi connectivity index (χ1n) is 10.6. The number of hydrogen-bond donors (Lipinski definition) is 3. The van der Waals surface area contributed by atoms with E-state index < -0.39 is 10.0 Å². The van der Waals surface area contributed by atoms with Crippen LogP contribution in [0.3, 0.4) is 0 Å². The highest BCUT2D eigenvalue weighted by Crippen LogP contribution is 2.37. The van der Waals surface area contributed by atoms with E-state index in [1.807, 2.05) is 26.0 Å². The highest BCUT2D eigenvalue weighted by Gasteiger charge is 2.31. The summed E-state index contributed by atoms with van der Waals surface area (Å²) in [5, 5.41) is 13.5. The number of sulfonamides is 1. The van der Waals surface area contributed by atoms with Gasteiger partial charge in [-0.05, 0) is 57.2 Å². The second kappa shape index (κ2) is 8.51. The summed E-state index contributed by atoms with van der Waals surface area (Å²) in [5.41, 5.74) is 2.52. The van der Waals surface area contributed by atoms with Gasteiger partial charge < -0.3 is 15.4 Å². The van der Waals surface area contributed by atoms with Crippen LogP contribution in [0.1, 0.15) is 50.3 Å². The number of nitrogens with zero attached hydrogens (tertiary/aromatic N) is 2. The number of fused-ring (bicyclic) bond motifs is 1. The third kappa shape index (κ3) is 4.54. The molecule has 2 heterocycles. The summed E-state index contributed by atoms with van der Waals surface area (Å²) in [7, 11) is -1.85. The zero-order valence-corrected chi connectivity index (χ0v) is 18.8. The lowest BCUT2D eigenvalue weighted by molar-refractivity contribution is 0.0981. The molecule has 1 aromatic carbocycles. The summed E-state index contributed by atoms with van der Waals surface area (Å²) in [6.07, 6.45) is 2.64. The zero-order valence-electron chi connectivity index (χ0n) is 18.0. The van der Waals surface area contributed by atoms with E-state index in [-0.39, 0.29) is 24.2 Å². The fourth-order valence-corrected chi connectivity index (χ4v) is 5.68. The van der Waals surface area contributed by atoms with Crippen molar-refractivity contribution in [2.24, 2.45) is 0 Å². The first-order valence-corrected chi connectivity index (χ1v) is 12.1. The molecule has 2 atom stereocenters. The van der Waals surface area contributed by atoms with Crippen molar-refractivity contribution < 1.29 is 17.9 Å². The number of aromatic nitrogens is 2. The maximum atomic E-state index is 12.6. The standard InChI is InChI=1S/C21H29N5O4S/c1-13(2)22-21(27)30-15-8-7-14(11-15)18-12-20(25-24-18)23-17-5-4-6-19-16(17)9-10-26(3)31(19,28)29/h4-6,12-15H,7-11H2,1-3H3,(H,22,27)(H2,23,24,25)/t14-,15+/m0/s1. The predicted octanol–water partition coefficient (Wildman–Crippen LogP) is 3.10. The van der Waals surface area contributed by atoms with Crippen LogP contribution in [0.25, 0.3) is 0 Å². The number of carbonyl (C=O) groups is 1. The number of rotatable bonds is 5. The summed E-state index contributed by atoms with van der Waals surface area (Å²) in [4.78, 5) is 12.2. The monoisotopic (exact) mass is 447 g/mol. The lowest BCUT2D eigenvalue weighted by Gasteiger charge is -2.26. The lowest BCUT2D eigenvalue weighted by atomic mass is 10.0. The molecule has 0 spiro atoms. The van der Waals surface area contributed by atoms with Crippen LogP contribution in [0.5, 0.6) is 0 Å². The number of H-pyrrole nitrogens is 1. The second-order valence-electron chi connectivity index (χ2n) is 8.53. The highest BCUT2D eigenvalue weighted by molar-refractivity contribution is 7.89. The zero-order chi connectivity index (χ0) is 22.2. The molecule has 1 aliphatic carbocycles. The SMILES string of the molecule is CC(C)NC(=O)O[C@@H]1CC[C@H](c2cc(Nc3cccc4c3CCN(C)S4(=O)=O)n[nH]2)C1. The maximum absolute atomic E-state index is 12.6. The fraction of sp³-hybridized carbons (Fsp3) is 0.524. The summed E-state index contributed by atoms with van der Waals surface area (Å²) < 4.78 is 32.1. The molecule has 31 heavy (non-hydrogen) atoms. The van der Waals surface area contributed by atoms with Gasteiger partial charge in [-0.3, -0.25) is 5.10 Å². The minimum Gasteiger partial charge on any atom is -0.446 e. The molecule has 4 rings (SSSR count). The van der Waals surface area contributed by atoms with Crippen molar-refractivity contribution in [2.75, 3.05) is 18.9 Å². The van der Waals surface area contributed by atoms with Gasteiger partial charge in [-0.1, -0.05) is 6.07 Å². The lowest BCUT2D eigenvalue weighted by Crippen LogP contribution is -2.34. The Balaban J connectivity index is 1.43. The van der Waals surface area contributed by atoms with E-state index in [2.05, 4.69) is 20.8 Å². The Kier molecular flexibility index (Phi) is 5.94. The quantitative estimate of drug-likeness (QED) is 0.649. The summed E-state index contributed by atoms with van der Waals surface area (Å²) in [5.74, 6) is 0.875. The smallest absolute Gasteiger partial charge is 0.407 e. The van der Waals surface area contributed by atoms with Crippen molar-refractivity contribution in [2.45, 2.75) is 62.5 Å². The summed E-state index contributed by atoms with van der Waals surface area (Å²) >= 11 is 0. The number of likely N-dealkylation sites (N-methyl/N-ethyl adjacent to an activating group) is 1. The minimum atomic E-state index is -3.45. The van der Waals surface area contributed by atoms with Gasteiger partial charge in [-0.15, -0.1) is 0 Å².